The van der Waals surface area contributed by atoms with E-state index in [9.17, 15) is 29.2 Å². The number of likely N-dealkylation sites (N-methyl/N-ethyl adjacent to an activating group) is 1. The molecule has 4 heterocycles. The first-order valence-electron chi connectivity index (χ1n) is 12.3. The Hall–Kier alpha value is -2.35. The molecule has 1 unspecified atom stereocenters. The zero-order chi connectivity index (χ0) is 26.3. The van der Waals surface area contributed by atoms with Gasteiger partial charge in [-0.05, 0) is 19.4 Å². The van der Waals surface area contributed by atoms with Gasteiger partial charge in [-0.1, -0.05) is 19.0 Å². The molecule has 4 aliphatic heterocycles. The lowest BCUT2D eigenvalue weighted by Crippen LogP contribution is -2.62. The van der Waals surface area contributed by atoms with Crippen molar-refractivity contribution >= 4 is 35.3 Å². The first-order chi connectivity index (χ1) is 17.1. The van der Waals surface area contributed by atoms with Crippen LogP contribution >= 0.6 is 11.8 Å². The molecule has 2 amide bonds. The van der Waals surface area contributed by atoms with Crippen LogP contribution in [0.4, 0.5) is 0 Å². The van der Waals surface area contributed by atoms with Gasteiger partial charge in [0, 0.05) is 48.2 Å². The standard InChI is InChI=1S/C23H34N6O6S/c1-10(4-12(30)6-25-3)17-18-11(2)20(19(23(33)34)29(18)22(17)32)36-13-5-15(26-7-13)21(31)28-8-14(24)16(9-28)27-35/h10-11,13-18,25-26H,4-9,24H2,1-3H3,(H,33,34)/t10-,11+,13-,14+,15-,16?,17+,18+/m0/s1. The summed E-state index contributed by atoms with van der Waals surface area (Å²) in [5.41, 5.74) is 5.92. The van der Waals surface area contributed by atoms with E-state index in [1.807, 2.05) is 13.8 Å². The van der Waals surface area contributed by atoms with E-state index in [2.05, 4.69) is 15.8 Å². The molecule has 5 N–H and O–H groups in total. The number of hydrogen-bond acceptors (Lipinski definition) is 10. The summed E-state index contributed by atoms with van der Waals surface area (Å²) in [6.07, 6.45) is 0.755. The first kappa shape index (κ1) is 26.7. The lowest BCUT2D eigenvalue weighted by atomic mass is 9.73. The van der Waals surface area contributed by atoms with Crippen molar-refractivity contribution in [3.8, 4) is 0 Å². The highest BCUT2D eigenvalue weighted by Gasteiger charge is 2.60. The van der Waals surface area contributed by atoms with E-state index >= 15 is 0 Å². The SMILES string of the molecule is CNCC(=O)C[C@H](C)[C@H]1C(=O)N2C(C(=O)O)=C(S[C@@H]3CN[C@H](C(=O)N4CC(N=O)[C@H](N)C4)C3)[C@H](C)[C@H]12. The van der Waals surface area contributed by atoms with Crippen molar-refractivity contribution in [3.05, 3.63) is 15.5 Å². The predicted molar refractivity (Wildman–Crippen MR) is 133 cm³/mol. The molecule has 0 radical (unpaired) electrons. The number of carboxylic acids is 1. The van der Waals surface area contributed by atoms with Gasteiger partial charge in [-0.15, -0.1) is 11.8 Å². The number of carbonyl (C=O) groups is 4. The number of β-lactam (4-membered cyclic amide) rings is 1. The average molecular weight is 523 g/mol. The van der Waals surface area contributed by atoms with Crippen molar-refractivity contribution in [1.29, 1.82) is 0 Å². The number of nitroso groups, excluding NO2 is 1. The molecule has 0 saturated carbocycles. The Morgan fingerprint density at radius 3 is 2.67 bits per heavy atom. The second-order valence-electron chi connectivity index (χ2n) is 10.3. The van der Waals surface area contributed by atoms with Gasteiger partial charge >= 0.3 is 5.97 Å². The number of carboxylic acid groups (broad SMARTS) is 1. The number of hydrogen-bond donors (Lipinski definition) is 4. The van der Waals surface area contributed by atoms with E-state index in [-0.39, 0.29) is 72.5 Å². The van der Waals surface area contributed by atoms with Gasteiger partial charge in [0.05, 0.1) is 24.5 Å². The van der Waals surface area contributed by atoms with Gasteiger partial charge in [-0.2, -0.15) is 4.91 Å². The van der Waals surface area contributed by atoms with E-state index in [1.165, 1.54) is 16.7 Å². The minimum atomic E-state index is -1.14. The largest absolute Gasteiger partial charge is 0.477 e. The number of Topliss-reactive ketones (excluding diaryl/α,β-unsaturated/α-hetero) is 1. The highest BCUT2D eigenvalue weighted by Crippen LogP contribution is 2.53. The van der Waals surface area contributed by atoms with Crippen LogP contribution in [0.15, 0.2) is 15.8 Å². The molecule has 198 valence electrons. The molecule has 4 aliphatic rings. The average Bonchev–Trinajstić information content (AvgIpc) is 3.49. The molecule has 0 spiro atoms. The number of amides is 2. The van der Waals surface area contributed by atoms with Crippen LogP contribution in [0, 0.1) is 22.7 Å². The number of thioether (sulfide) groups is 1. The summed E-state index contributed by atoms with van der Waals surface area (Å²) in [6.45, 7) is 5.04. The molecular formula is C23H34N6O6S. The summed E-state index contributed by atoms with van der Waals surface area (Å²) in [6, 6.07) is -1.80. The molecule has 3 saturated heterocycles. The zero-order valence-electron chi connectivity index (χ0n) is 20.7. The number of ketones is 1. The number of nitrogens with two attached hydrogens (primary N) is 1. The minimum Gasteiger partial charge on any atom is -0.477 e. The smallest absolute Gasteiger partial charge is 0.353 e. The van der Waals surface area contributed by atoms with Crippen molar-refractivity contribution in [2.24, 2.45) is 28.7 Å². The lowest BCUT2D eigenvalue weighted by molar-refractivity contribution is -0.160. The highest BCUT2D eigenvalue weighted by molar-refractivity contribution is 8.03. The van der Waals surface area contributed by atoms with E-state index < -0.39 is 30.0 Å². The second kappa shape index (κ2) is 10.6. The Labute approximate surface area is 213 Å². The van der Waals surface area contributed by atoms with Crippen LogP contribution in [0.2, 0.25) is 0 Å². The van der Waals surface area contributed by atoms with Crippen molar-refractivity contribution < 1.29 is 24.3 Å². The monoisotopic (exact) mass is 522 g/mol. The summed E-state index contributed by atoms with van der Waals surface area (Å²) in [4.78, 5) is 64.8. The van der Waals surface area contributed by atoms with Gasteiger partial charge in [-0.3, -0.25) is 14.4 Å². The third-order valence-electron chi connectivity index (χ3n) is 7.79. The van der Waals surface area contributed by atoms with Crippen LogP contribution in [0.3, 0.4) is 0 Å². The molecule has 13 heteroatoms. The molecule has 0 aromatic carbocycles. The number of rotatable bonds is 10. The van der Waals surface area contributed by atoms with E-state index in [1.54, 1.807) is 11.9 Å². The maximum Gasteiger partial charge on any atom is 0.353 e. The summed E-state index contributed by atoms with van der Waals surface area (Å²) in [5.74, 6) is -2.27. The Morgan fingerprint density at radius 1 is 1.33 bits per heavy atom. The van der Waals surface area contributed by atoms with Crippen molar-refractivity contribution in [3.63, 3.8) is 0 Å². The normalized spacial score (nSPS) is 34.6. The molecular weight excluding hydrogens is 488 g/mol. The van der Waals surface area contributed by atoms with E-state index in [0.29, 0.717) is 17.9 Å². The quantitative estimate of drug-likeness (QED) is 0.213. The van der Waals surface area contributed by atoms with Gasteiger partial charge < -0.3 is 31.3 Å². The van der Waals surface area contributed by atoms with Gasteiger partial charge in [0.2, 0.25) is 11.8 Å². The van der Waals surface area contributed by atoms with Crippen molar-refractivity contribution in [2.75, 3.05) is 33.2 Å². The fourth-order valence-electron chi connectivity index (χ4n) is 6.01. The van der Waals surface area contributed by atoms with Crippen molar-refractivity contribution in [1.82, 2.24) is 20.4 Å². The number of aliphatic carboxylic acids is 1. The van der Waals surface area contributed by atoms with Crippen LogP contribution < -0.4 is 16.4 Å². The highest BCUT2D eigenvalue weighted by atomic mass is 32.2. The van der Waals surface area contributed by atoms with Crippen LogP contribution in [-0.2, 0) is 19.2 Å². The summed E-state index contributed by atoms with van der Waals surface area (Å²) < 4.78 is 0. The fourth-order valence-corrected chi connectivity index (χ4v) is 7.49. The number of likely N-dealkylation sites (tertiary alicyclic amines) is 1. The van der Waals surface area contributed by atoms with Gasteiger partial charge in [-0.25, -0.2) is 4.79 Å². The second-order valence-corrected chi connectivity index (χ2v) is 11.6. The fraction of sp³-hybridized carbons (Fsp3) is 0.739. The van der Waals surface area contributed by atoms with Gasteiger partial charge in [0.25, 0.3) is 0 Å². The lowest BCUT2D eigenvalue weighted by Gasteiger charge is -2.47. The molecule has 3 fully saturated rings. The molecule has 0 bridgehead atoms. The van der Waals surface area contributed by atoms with E-state index in [4.69, 9.17) is 5.73 Å². The summed E-state index contributed by atoms with van der Waals surface area (Å²) in [5, 5.41) is 19.0. The summed E-state index contributed by atoms with van der Waals surface area (Å²) in [7, 11) is 1.69. The topological polar surface area (TPSA) is 174 Å². The molecule has 36 heavy (non-hydrogen) atoms. The Balaban J connectivity index is 1.42. The Bertz CT molecular complexity index is 990. The van der Waals surface area contributed by atoms with Crippen LogP contribution in [0.25, 0.3) is 0 Å². The molecule has 0 aromatic heterocycles. The minimum absolute atomic E-state index is 0.0184. The van der Waals surface area contributed by atoms with Crippen LogP contribution in [0.1, 0.15) is 26.7 Å². The maximum atomic E-state index is 13.0. The van der Waals surface area contributed by atoms with Crippen molar-refractivity contribution in [2.45, 2.75) is 56.1 Å². The molecule has 8 atom stereocenters. The molecule has 12 nitrogen and oxygen atoms in total. The first-order valence-corrected chi connectivity index (χ1v) is 13.2. The molecule has 4 rings (SSSR count). The summed E-state index contributed by atoms with van der Waals surface area (Å²) >= 11 is 1.42. The molecule has 0 aliphatic carbocycles. The van der Waals surface area contributed by atoms with Crippen LogP contribution in [0.5, 0.6) is 0 Å². The van der Waals surface area contributed by atoms with Crippen LogP contribution in [-0.4, -0.2) is 101 Å². The van der Waals surface area contributed by atoms with Gasteiger partial charge in [0.15, 0.2) is 0 Å². The number of nitrogens with zero attached hydrogens (tertiary/aromatic N) is 3. The third-order valence-corrected chi connectivity index (χ3v) is 9.30. The van der Waals surface area contributed by atoms with Gasteiger partial charge in [0.1, 0.15) is 17.5 Å². The maximum absolute atomic E-state index is 13.0. The Morgan fingerprint density at radius 2 is 2.06 bits per heavy atom. The zero-order valence-corrected chi connectivity index (χ0v) is 21.5. The Kier molecular flexibility index (Phi) is 7.83. The number of fused-ring (bicyclic) bond motifs is 1. The number of nitrogens with one attached hydrogen (secondary N) is 2. The molecule has 0 aromatic rings. The third kappa shape index (κ3) is 4.69. The number of carbonyl (C=O) groups excluding carboxylic acids is 3. The predicted octanol–water partition coefficient (Wildman–Crippen LogP) is -0.658. The van der Waals surface area contributed by atoms with E-state index in [0.717, 1.165) is 0 Å².